The number of benzene rings is 1. The van der Waals surface area contributed by atoms with E-state index in [2.05, 4.69) is 56.5 Å². The van der Waals surface area contributed by atoms with Gasteiger partial charge < -0.3 is 15.1 Å². The third kappa shape index (κ3) is 4.24. The first-order chi connectivity index (χ1) is 17.5. The second-order valence-electron chi connectivity index (χ2n) is 9.79. The van der Waals surface area contributed by atoms with Crippen LogP contribution >= 0.6 is 23.4 Å². The van der Waals surface area contributed by atoms with Gasteiger partial charge in [0.25, 0.3) is 0 Å². The van der Waals surface area contributed by atoms with Gasteiger partial charge in [0.15, 0.2) is 0 Å². The van der Waals surface area contributed by atoms with E-state index in [9.17, 15) is 0 Å². The summed E-state index contributed by atoms with van der Waals surface area (Å²) >= 11 is 8.13. The lowest BCUT2D eigenvalue weighted by Gasteiger charge is -2.40. The number of allylic oxidation sites excluding steroid dienone is 2. The fraction of sp³-hybridized carbons (Fsp3) is 0.321. The second kappa shape index (κ2) is 9.45. The number of anilines is 1. The van der Waals surface area contributed by atoms with Crippen molar-refractivity contribution in [2.75, 3.05) is 32.5 Å². The van der Waals surface area contributed by atoms with Gasteiger partial charge in [-0.05, 0) is 66.5 Å². The number of aromatic nitrogens is 1. The number of aliphatic imine (C=N–C) groups is 2. The number of halogens is 1. The molecule has 1 saturated heterocycles. The highest BCUT2D eigenvalue weighted by Crippen LogP contribution is 2.45. The van der Waals surface area contributed by atoms with Crippen LogP contribution in [-0.4, -0.2) is 54.0 Å². The van der Waals surface area contributed by atoms with Crippen molar-refractivity contribution < 1.29 is 0 Å². The lowest BCUT2D eigenvalue weighted by atomic mass is 9.76. The number of thioether (sulfide) groups is 1. The summed E-state index contributed by atoms with van der Waals surface area (Å²) in [6.07, 6.45) is 14.6. The molecular formula is C28H29ClN6S. The second-order valence-corrected chi connectivity index (χ2v) is 11.2. The van der Waals surface area contributed by atoms with Crippen LogP contribution in [0.1, 0.15) is 24.0 Å². The molecule has 4 heterocycles. The summed E-state index contributed by atoms with van der Waals surface area (Å²) in [7, 11) is 3.84. The molecule has 1 aromatic carbocycles. The van der Waals surface area contributed by atoms with Crippen molar-refractivity contribution in [3.8, 4) is 0 Å². The van der Waals surface area contributed by atoms with Crippen molar-refractivity contribution in [1.82, 2.24) is 14.8 Å². The van der Waals surface area contributed by atoms with Crippen LogP contribution in [0.4, 0.5) is 5.82 Å². The van der Waals surface area contributed by atoms with E-state index in [-0.39, 0.29) is 0 Å². The van der Waals surface area contributed by atoms with Crippen LogP contribution in [0, 0.1) is 5.41 Å². The van der Waals surface area contributed by atoms with Gasteiger partial charge in [-0.3, -0.25) is 0 Å². The summed E-state index contributed by atoms with van der Waals surface area (Å²) in [4.78, 5) is 20.6. The van der Waals surface area contributed by atoms with Crippen LogP contribution in [0.3, 0.4) is 0 Å². The number of likely N-dealkylation sites (tertiary alicyclic amines) is 1. The van der Waals surface area contributed by atoms with E-state index in [0.29, 0.717) is 16.3 Å². The number of fused-ring (bicyclic) bond motifs is 3. The third-order valence-electron chi connectivity index (χ3n) is 7.62. The lowest BCUT2D eigenvalue weighted by Crippen LogP contribution is -2.40. The SMILES string of the molecule is CNc1nccc(SC2=C3N=CC=C(N4CCC5(CC4)Cc4ccccc4C5)N=C(C=C2)N3C)c1Cl. The molecule has 4 aliphatic rings. The maximum absolute atomic E-state index is 6.55. The molecule has 1 aliphatic carbocycles. The number of nitrogens with one attached hydrogen (secondary N) is 1. The van der Waals surface area contributed by atoms with Crippen LogP contribution in [0.5, 0.6) is 0 Å². The Morgan fingerprint density at radius 2 is 1.81 bits per heavy atom. The summed E-state index contributed by atoms with van der Waals surface area (Å²) in [5.74, 6) is 3.40. The highest BCUT2D eigenvalue weighted by Gasteiger charge is 2.40. The molecule has 1 fully saturated rings. The lowest BCUT2D eigenvalue weighted by molar-refractivity contribution is 0.135. The van der Waals surface area contributed by atoms with E-state index in [0.717, 1.165) is 40.4 Å². The first-order valence-corrected chi connectivity index (χ1v) is 13.6. The van der Waals surface area contributed by atoms with Crippen LogP contribution in [0.15, 0.2) is 86.2 Å². The molecule has 2 aromatic rings. The summed E-state index contributed by atoms with van der Waals surface area (Å²) < 4.78 is 0. The zero-order chi connectivity index (χ0) is 24.7. The fourth-order valence-electron chi connectivity index (χ4n) is 5.59. The molecule has 0 radical (unpaired) electrons. The molecule has 1 aromatic heterocycles. The molecule has 1 N–H and O–H groups in total. The monoisotopic (exact) mass is 516 g/mol. The number of hydrogen-bond donors (Lipinski definition) is 1. The quantitative estimate of drug-likeness (QED) is 0.561. The topological polar surface area (TPSA) is 56.1 Å². The van der Waals surface area contributed by atoms with Gasteiger partial charge in [0, 0.05) is 44.5 Å². The predicted molar refractivity (Wildman–Crippen MR) is 150 cm³/mol. The minimum Gasteiger partial charge on any atom is -0.372 e. The van der Waals surface area contributed by atoms with Gasteiger partial charge in [-0.15, -0.1) is 0 Å². The average molecular weight is 517 g/mol. The Labute approximate surface area is 221 Å². The van der Waals surface area contributed by atoms with Crippen molar-refractivity contribution in [2.45, 2.75) is 30.6 Å². The predicted octanol–water partition coefficient (Wildman–Crippen LogP) is 5.74. The maximum atomic E-state index is 6.55. The zero-order valence-electron chi connectivity index (χ0n) is 20.5. The summed E-state index contributed by atoms with van der Waals surface area (Å²) in [5.41, 5.74) is 3.50. The Balaban J connectivity index is 1.20. The van der Waals surface area contributed by atoms with Gasteiger partial charge >= 0.3 is 0 Å². The number of pyridine rings is 1. The van der Waals surface area contributed by atoms with E-state index >= 15 is 0 Å². The number of rotatable bonds is 4. The molecular weight excluding hydrogens is 488 g/mol. The number of nitrogens with zero attached hydrogens (tertiary/aromatic N) is 5. The minimum atomic E-state index is 0.411. The van der Waals surface area contributed by atoms with Crippen molar-refractivity contribution >= 4 is 41.2 Å². The van der Waals surface area contributed by atoms with Crippen molar-refractivity contribution in [3.63, 3.8) is 0 Å². The molecule has 0 unspecified atom stereocenters. The van der Waals surface area contributed by atoms with E-state index in [1.165, 1.54) is 25.7 Å². The molecule has 8 heteroatoms. The number of piperidine rings is 1. The Morgan fingerprint density at radius 3 is 2.53 bits per heavy atom. The van der Waals surface area contributed by atoms with Crippen molar-refractivity contribution in [1.29, 1.82) is 0 Å². The number of likely N-dealkylation sites (N-methyl/N-ethyl adjacent to an activating group) is 1. The molecule has 0 amide bonds. The molecule has 2 bridgehead atoms. The highest BCUT2D eigenvalue weighted by atomic mass is 35.5. The molecule has 1 spiro atoms. The smallest absolute Gasteiger partial charge is 0.147 e. The Hall–Kier alpha value is -3.03. The van der Waals surface area contributed by atoms with Gasteiger partial charge in [0.2, 0.25) is 0 Å². The van der Waals surface area contributed by atoms with Gasteiger partial charge in [-0.2, -0.15) is 0 Å². The minimum absolute atomic E-state index is 0.411. The third-order valence-corrected chi connectivity index (χ3v) is 9.22. The van der Waals surface area contributed by atoms with Gasteiger partial charge in [-0.1, -0.05) is 47.6 Å². The van der Waals surface area contributed by atoms with E-state index in [1.807, 2.05) is 32.5 Å². The van der Waals surface area contributed by atoms with E-state index in [4.69, 9.17) is 21.6 Å². The molecule has 0 atom stereocenters. The summed E-state index contributed by atoms with van der Waals surface area (Å²) in [6.45, 7) is 2.05. The van der Waals surface area contributed by atoms with Crippen LogP contribution in [-0.2, 0) is 12.8 Å². The van der Waals surface area contributed by atoms with Crippen molar-refractivity contribution in [2.24, 2.45) is 15.4 Å². The molecule has 0 saturated carbocycles. The highest BCUT2D eigenvalue weighted by molar-refractivity contribution is 8.03. The molecule has 36 heavy (non-hydrogen) atoms. The standard InChI is InChI=1S/C28H29ClN6S/c1-30-26-25(29)21(9-13-31-26)36-22-7-8-23-33-24(10-14-32-27(22)34(23)2)35-15-11-28(12-16-35)17-19-5-3-4-6-20(19)18-28/h3-10,13-14H,11-12,15-18H2,1-2H3,(H,30,31). The summed E-state index contributed by atoms with van der Waals surface area (Å²) in [5, 5.41) is 3.65. The van der Waals surface area contributed by atoms with Crippen LogP contribution in [0.25, 0.3) is 0 Å². The van der Waals surface area contributed by atoms with E-state index < -0.39 is 0 Å². The molecule has 184 valence electrons. The first-order valence-electron chi connectivity index (χ1n) is 12.4. The van der Waals surface area contributed by atoms with Crippen molar-refractivity contribution in [3.05, 3.63) is 87.5 Å². The normalized spacial score (nSPS) is 20.2. The Morgan fingerprint density at radius 1 is 1.06 bits per heavy atom. The Kier molecular flexibility index (Phi) is 6.13. The average Bonchev–Trinajstić information content (AvgIpc) is 3.25. The van der Waals surface area contributed by atoms with Gasteiger partial charge in [0.1, 0.15) is 23.3 Å². The summed E-state index contributed by atoms with van der Waals surface area (Å²) in [6, 6.07) is 10.9. The molecule has 6 rings (SSSR count). The molecule has 3 aliphatic heterocycles. The Bertz CT molecular complexity index is 1320. The number of hydrogen-bond acceptors (Lipinski definition) is 7. The van der Waals surface area contributed by atoms with Gasteiger partial charge in [-0.25, -0.2) is 15.0 Å². The molecule has 6 nitrogen and oxygen atoms in total. The first kappa shape index (κ1) is 23.4. The maximum Gasteiger partial charge on any atom is 0.147 e. The zero-order valence-corrected chi connectivity index (χ0v) is 22.1. The van der Waals surface area contributed by atoms with Gasteiger partial charge in [0.05, 0.1) is 9.93 Å². The fourth-order valence-corrected chi connectivity index (χ4v) is 6.88. The number of amidine groups is 1. The largest absolute Gasteiger partial charge is 0.372 e. The van der Waals surface area contributed by atoms with Crippen LogP contribution < -0.4 is 5.32 Å². The van der Waals surface area contributed by atoms with E-state index in [1.54, 1.807) is 29.1 Å². The van der Waals surface area contributed by atoms with Crippen LogP contribution in [0.2, 0.25) is 5.02 Å².